The summed E-state index contributed by atoms with van der Waals surface area (Å²) >= 11 is 0. The number of hydrogen-bond acceptors (Lipinski definition) is 8. The summed E-state index contributed by atoms with van der Waals surface area (Å²) in [6.07, 6.45) is -1.19. The lowest BCUT2D eigenvalue weighted by atomic mass is 10.1. The third kappa shape index (κ3) is 5.01. The number of ether oxygens (including phenoxy) is 3. The molecule has 2 N–H and O–H groups in total. The van der Waals surface area contributed by atoms with Crippen LogP contribution in [0.1, 0.15) is 16.8 Å². The first kappa shape index (κ1) is 22.3. The fourth-order valence-corrected chi connectivity index (χ4v) is 3.71. The van der Waals surface area contributed by atoms with Crippen molar-refractivity contribution in [1.29, 1.82) is 0 Å². The monoisotopic (exact) mass is 422 g/mol. The van der Waals surface area contributed by atoms with Crippen LogP contribution in [0.2, 0.25) is 0 Å². The van der Waals surface area contributed by atoms with E-state index >= 15 is 0 Å². The van der Waals surface area contributed by atoms with Gasteiger partial charge in [-0.1, -0.05) is 0 Å². The van der Waals surface area contributed by atoms with E-state index in [2.05, 4.69) is 10.2 Å². The van der Waals surface area contributed by atoms with Crippen LogP contribution in [0.5, 0.6) is 5.75 Å². The Labute approximate surface area is 176 Å². The lowest BCUT2D eigenvalue weighted by molar-refractivity contribution is -0.125. The second kappa shape index (κ2) is 10.1. The molecule has 1 unspecified atom stereocenters. The first-order valence-corrected chi connectivity index (χ1v) is 9.96. The summed E-state index contributed by atoms with van der Waals surface area (Å²) in [7, 11) is 4.75. The Hall–Kier alpha value is -2.40. The van der Waals surface area contributed by atoms with E-state index in [0.717, 1.165) is 13.1 Å². The summed E-state index contributed by atoms with van der Waals surface area (Å²) in [5, 5.41) is 12.7. The molecule has 10 nitrogen and oxygen atoms in total. The number of aliphatic hydroxyl groups excluding tert-OH is 1. The number of rotatable bonds is 7. The van der Waals surface area contributed by atoms with Gasteiger partial charge in [0.15, 0.2) is 6.29 Å². The lowest BCUT2D eigenvalue weighted by Gasteiger charge is -2.36. The molecule has 0 radical (unpaired) electrons. The van der Waals surface area contributed by atoms with Crippen molar-refractivity contribution in [1.82, 2.24) is 15.1 Å². The minimum Gasteiger partial charge on any atom is -0.495 e. The van der Waals surface area contributed by atoms with Crippen LogP contribution < -0.4 is 15.0 Å². The Bertz CT molecular complexity index is 749. The van der Waals surface area contributed by atoms with Gasteiger partial charge < -0.3 is 34.4 Å². The molecule has 2 heterocycles. The number of nitrogens with zero attached hydrogens (tertiary/aromatic N) is 3. The molecular weight excluding hydrogens is 392 g/mol. The van der Waals surface area contributed by atoms with E-state index < -0.39 is 6.35 Å². The van der Waals surface area contributed by atoms with Gasteiger partial charge in [0.1, 0.15) is 5.75 Å². The van der Waals surface area contributed by atoms with Crippen LogP contribution in [0, 0.1) is 0 Å². The largest absolute Gasteiger partial charge is 0.495 e. The second-order valence-corrected chi connectivity index (χ2v) is 7.26. The van der Waals surface area contributed by atoms with E-state index in [0.29, 0.717) is 43.2 Å². The summed E-state index contributed by atoms with van der Waals surface area (Å²) in [6.45, 7) is 3.65. The number of piperazine rings is 1. The number of carbonyl (C=O) groups excluding carboxylic acids is 2. The second-order valence-electron chi connectivity index (χ2n) is 7.26. The van der Waals surface area contributed by atoms with Gasteiger partial charge in [0.25, 0.3) is 5.91 Å². The SMILES string of the molecule is COc1ccc(C(=O)N2CCN(CC(OC)OC)CC2)cc1N1CCC(=O)NC1O. The van der Waals surface area contributed by atoms with Gasteiger partial charge in [-0.3, -0.25) is 14.5 Å². The smallest absolute Gasteiger partial charge is 0.254 e. The van der Waals surface area contributed by atoms with Gasteiger partial charge in [0, 0.05) is 65.5 Å². The molecule has 1 aromatic carbocycles. The number of benzene rings is 1. The van der Waals surface area contributed by atoms with E-state index in [1.807, 2.05) is 4.90 Å². The molecule has 0 spiro atoms. The number of methoxy groups -OCH3 is 3. The third-order valence-electron chi connectivity index (χ3n) is 5.49. The number of aliphatic hydroxyl groups is 1. The minimum absolute atomic E-state index is 0.0795. The van der Waals surface area contributed by atoms with Crippen molar-refractivity contribution in [2.75, 3.05) is 65.5 Å². The molecule has 2 fully saturated rings. The summed E-state index contributed by atoms with van der Waals surface area (Å²) in [5.74, 6) is 0.230. The van der Waals surface area contributed by atoms with Crippen molar-refractivity contribution in [2.45, 2.75) is 19.1 Å². The van der Waals surface area contributed by atoms with Crippen molar-refractivity contribution < 1.29 is 28.9 Å². The van der Waals surface area contributed by atoms with Gasteiger partial charge in [-0.25, -0.2) is 0 Å². The molecular formula is C20H30N4O6. The third-order valence-corrected chi connectivity index (χ3v) is 5.49. The van der Waals surface area contributed by atoms with E-state index in [4.69, 9.17) is 14.2 Å². The van der Waals surface area contributed by atoms with Crippen molar-refractivity contribution in [3.05, 3.63) is 23.8 Å². The molecule has 1 aromatic rings. The Balaban J connectivity index is 1.69. The summed E-state index contributed by atoms with van der Waals surface area (Å²) in [6, 6.07) is 5.14. The Morgan fingerprint density at radius 1 is 1.17 bits per heavy atom. The molecule has 1 atom stereocenters. The van der Waals surface area contributed by atoms with Crippen LogP contribution in [0.15, 0.2) is 18.2 Å². The number of anilines is 1. The standard InChI is InChI=1S/C20H30N4O6/c1-28-16-5-4-14(12-15(16)24-7-6-17(25)21-20(24)27)19(26)23-10-8-22(9-11-23)13-18(29-2)30-3/h4-5,12,18,20,27H,6-11,13H2,1-3H3,(H,21,25). The molecule has 3 rings (SSSR count). The van der Waals surface area contributed by atoms with Crippen LogP contribution in [-0.4, -0.2) is 100.0 Å². The maximum atomic E-state index is 13.1. The van der Waals surface area contributed by atoms with Crippen LogP contribution in [0.4, 0.5) is 5.69 Å². The summed E-state index contributed by atoms with van der Waals surface area (Å²) in [5.41, 5.74) is 1.08. The molecule has 0 aromatic heterocycles. The van der Waals surface area contributed by atoms with Crippen molar-refractivity contribution in [3.63, 3.8) is 0 Å². The summed E-state index contributed by atoms with van der Waals surface area (Å²) in [4.78, 5) is 30.2. The average molecular weight is 422 g/mol. The zero-order chi connectivity index (χ0) is 21.7. The quantitative estimate of drug-likeness (QED) is 0.576. The van der Waals surface area contributed by atoms with Gasteiger partial charge in [-0.2, -0.15) is 0 Å². The van der Waals surface area contributed by atoms with Gasteiger partial charge in [0.05, 0.1) is 12.8 Å². The summed E-state index contributed by atoms with van der Waals surface area (Å²) < 4.78 is 15.9. The number of carbonyl (C=O) groups is 2. The molecule has 10 heteroatoms. The molecule has 0 bridgehead atoms. The van der Waals surface area contributed by atoms with Gasteiger partial charge in [-0.05, 0) is 18.2 Å². The van der Waals surface area contributed by atoms with Gasteiger partial charge in [0.2, 0.25) is 12.3 Å². The van der Waals surface area contributed by atoms with Crippen molar-refractivity contribution >= 4 is 17.5 Å². The highest BCUT2D eigenvalue weighted by atomic mass is 16.7. The normalized spacial score (nSPS) is 20.4. The zero-order valence-electron chi connectivity index (χ0n) is 17.7. The topological polar surface area (TPSA) is 104 Å². The van der Waals surface area contributed by atoms with Crippen molar-refractivity contribution in [2.24, 2.45) is 0 Å². The van der Waals surface area contributed by atoms with E-state index in [1.165, 1.54) is 7.11 Å². The predicted molar refractivity (Wildman–Crippen MR) is 109 cm³/mol. The van der Waals surface area contributed by atoms with Crippen molar-refractivity contribution in [3.8, 4) is 5.75 Å². The highest BCUT2D eigenvalue weighted by Crippen LogP contribution is 2.31. The highest BCUT2D eigenvalue weighted by molar-refractivity contribution is 5.96. The molecule has 2 aliphatic heterocycles. The fraction of sp³-hybridized carbons (Fsp3) is 0.600. The van der Waals surface area contributed by atoms with Gasteiger partial charge >= 0.3 is 0 Å². The lowest BCUT2D eigenvalue weighted by Crippen LogP contribution is -2.54. The zero-order valence-corrected chi connectivity index (χ0v) is 17.7. The number of amides is 2. The fourth-order valence-electron chi connectivity index (χ4n) is 3.71. The van der Waals surface area contributed by atoms with Crippen LogP contribution in [-0.2, 0) is 14.3 Å². The molecule has 0 aliphatic carbocycles. The minimum atomic E-state index is -1.16. The first-order valence-electron chi connectivity index (χ1n) is 9.96. The first-order chi connectivity index (χ1) is 14.5. The molecule has 2 aliphatic rings. The van der Waals surface area contributed by atoms with E-state index in [9.17, 15) is 14.7 Å². The Morgan fingerprint density at radius 2 is 1.87 bits per heavy atom. The molecule has 166 valence electrons. The molecule has 0 saturated carbocycles. The Kier molecular flexibility index (Phi) is 7.48. The van der Waals surface area contributed by atoms with E-state index in [-0.39, 0.29) is 24.5 Å². The Morgan fingerprint density at radius 3 is 2.47 bits per heavy atom. The maximum Gasteiger partial charge on any atom is 0.254 e. The molecule has 2 saturated heterocycles. The predicted octanol–water partition coefficient (Wildman–Crippen LogP) is -0.326. The molecule has 30 heavy (non-hydrogen) atoms. The van der Waals surface area contributed by atoms with Gasteiger partial charge in [-0.15, -0.1) is 0 Å². The average Bonchev–Trinajstić information content (AvgIpc) is 2.77. The van der Waals surface area contributed by atoms with Crippen LogP contribution in [0.25, 0.3) is 0 Å². The van der Waals surface area contributed by atoms with E-state index in [1.54, 1.807) is 37.3 Å². The molecule has 2 amide bonds. The highest BCUT2D eigenvalue weighted by Gasteiger charge is 2.29. The van der Waals surface area contributed by atoms with Crippen LogP contribution in [0.3, 0.4) is 0 Å². The number of nitrogens with one attached hydrogen (secondary N) is 1. The maximum absolute atomic E-state index is 13.1. The van der Waals surface area contributed by atoms with Crippen LogP contribution >= 0.6 is 0 Å². The number of hydrogen-bond donors (Lipinski definition) is 2.